The van der Waals surface area contributed by atoms with Crippen LogP contribution in [0.2, 0.25) is 0 Å². The second-order valence-corrected chi connectivity index (χ2v) is 21.1. The van der Waals surface area contributed by atoms with Gasteiger partial charge in [-0.2, -0.15) is 0 Å². The summed E-state index contributed by atoms with van der Waals surface area (Å²) < 4.78 is 20.0. The molecule has 0 aliphatic rings. The van der Waals surface area contributed by atoms with Crippen molar-refractivity contribution in [2.45, 2.75) is 213 Å². The molecule has 0 unspecified atom stereocenters. The molecule has 0 fully saturated rings. The number of nitrogens with zero attached hydrogens (tertiary/aromatic N) is 3. The molecule has 0 aromatic carbocycles. The van der Waals surface area contributed by atoms with Crippen molar-refractivity contribution >= 4 is 8.60 Å². The summed E-state index contributed by atoms with van der Waals surface area (Å²) in [6, 6.07) is 0. The van der Waals surface area contributed by atoms with Gasteiger partial charge in [0.05, 0.1) is 83.2 Å². The van der Waals surface area contributed by atoms with E-state index in [-0.39, 0.29) is 0 Å². The van der Waals surface area contributed by atoms with Crippen LogP contribution in [0.3, 0.4) is 0 Å². The van der Waals surface area contributed by atoms with Crippen LogP contribution in [-0.2, 0) is 14.2 Å². The maximum atomic E-state index is 8.48. The highest BCUT2D eigenvalue weighted by molar-refractivity contribution is 7.33. The molecule has 9 nitrogen and oxygen atoms in total. The Hall–Kier alpha value is 0.0700. The maximum absolute atomic E-state index is 8.48. The van der Waals surface area contributed by atoms with Crippen LogP contribution in [-0.4, -0.2) is 136 Å². The van der Waals surface area contributed by atoms with Gasteiger partial charge in [0.1, 0.15) is 19.6 Å². The molecule has 0 spiro atoms. The number of ether oxygens (including phenoxy) is 3. The molecule has 10 heteroatoms. The fraction of sp³-hybridized carbons (Fsp3) is 1.00. The average Bonchev–Trinajstić information content (AvgIpc) is 3.16. The molecule has 0 heterocycles. The number of rotatable bonds is 42. The quantitative estimate of drug-likeness (QED) is 0.0344. The standard InChI is InChI=1S/3C17H38NO.O3P/c3*1-5-6-7-8-9-10-11-12-13-14-16-19-17-15-18(2,3)4;1-4(2)3/h3*5-17H2,1-4H3;/q3*+1;-3. The van der Waals surface area contributed by atoms with E-state index in [0.29, 0.717) is 0 Å². The van der Waals surface area contributed by atoms with Crippen LogP contribution in [0.25, 0.3) is 0 Å². The third-order valence-electron chi connectivity index (χ3n) is 10.6. The van der Waals surface area contributed by atoms with Gasteiger partial charge in [0.2, 0.25) is 0 Å². The molecule has 0 bridgehead atoms. The van der Waals surface area contributed by atoms with E-state index < -0.39 is 8.60 Å². The highest BCUT2D eigenvalue weighted by Crippen LogP contribution is 2.13. The Morgan fingerprint density at radius 2 is 0.410 bits per heavy atom. The van der Waals surface area contributed by atoms with E-state index in [1.807, 2.05) is 0 Å². The summed E-state index contributed by atoms with van der Waals surface area (Å²) in [5.74, 6) is 0. The van der Waals surface area contributed by atoms with E-state index in [1.54, 1.807) is 0 Å². The van der Waals surface area contributed by atoms with Crippen LogP contribution in [0.5, 0.6) is 0 Å². The second kappa shape index (κ2) is 52.7. The first kappa shape index (κ1) is 67.7. The van der Waals surface area contributed by atoms with E-state index in [4.69, 9.17) is 28.9 Å². The fourth-order valence-electron chi connectivity index (χ4n) is 6.40. The first-order valence-corrected chi connectivity index (χ1v) is 27.0. The summed E-state index contributed by atoms with van der Waals surface area (Å²) in [5, 5.41) is 0. The number of quaternary nitrogens is 3. The molecule has 0 aromatic heterocycles. The molecule has 0 atom stereocenters. The van der Waals surface area contributed by atoms with Crippen LogP contribution < -0.4 is 14.7 Å². The molecule has 61 heavy (non-hydrogen) atoms. The Labute approximate surface area is 385 Å². The molecule has 0 aliphatic carbocycles. The number of hydrogen-bond donors (Lipinski definition) is 0. The summed E-state index contributed by atoms with van der Waals surface area (Å²) in [5.41, 5.74) is 0. The Balaban J connectivity index is -0.000000381. The van der Waals surface area contributed by atoms with Gasteiger partial charge in [0.15, 0.2) is 0 Å². The van der Waals surface area contributed by atoms with E-state index in [0.717, 1.165) is 72.7 Å². The zero-order valence-electron chi connectivity index (χ0n) is 43.8. The highest BCUT2D eigenvalue weighted by Gasteiger charge is 2.07. The van der Waals surface area contributed by atoms with Gasteiger partial charge in [-0.05, 0) is 19.3 Å². The van der Waals surface area contributed by atoms with Crippen LogP contribution in [0.15, 0.2) is 0 Å². The number of hydrogen-bond acceptors (Lipinski definition) is 6. The first-order chi connectivity index (χ1) is 28.9. The Morgan fingerprint density at radius 3 is 0.557 bits per heavy atom. The minimum atomic E-state index is -3.37. The van der Waals surface area contributed by atoms with Crippen LogP contribution in [0, 0.1) is 0 Å². The van der Waals surface area contributed by atoms with E-state index in [1.165, 1.54) is 193 Å². The minimum Gasteiger partial charge on any atom is -0.854 e. The molecule has 0 saturated heterocycles. The van der Waals surface area contributed by atoms with Gasteiger partial charge in [-0.25, -0.2) is 0 Å². The molecule has 0 rings (SSSR count). The lowest BCUT2D eigenvalue weighted by atomic mass is 10.1. The van der Waals surface area contributed by atoms with E-state index >= 15 is 0 Å². The predicted molar refractivity (Wildman–Crippen MR) is 264 cm³/mol. The molecule has 0 radical (unpaired) electrons. The van der Waals surface area contributed by atoms with Crippen molar-refractivity contribution in [2.24, 2.45) is 0 Å². The second-order valence-electron chi connectivity index (χ2n) is 20.6. The zero-order chi connectivity index (χ0) is 46.8. The summed E-state index contributed by atoms with van der Waals surface area (Å²) >= 11 is 0. The van der Waals surface area contributed by atoms with Crippen molar-refractivity contribution in [1.82, 2.24) is 0 Å². The lowest BCUT2D eigenvalue weighted by Crippen LogP contribution is -2.37. The van der Waals surface area contributed by atoms with Crippen molar-refractivity contribution in [2.75, 3.05) is 123 Å². The van der Waals surface area contributed by atoms with Crippen molar-refractivity contribution in [1.29, 1.82) is 0 Å². The number of unbranched alkanes of at least 4 members (excludes halogenated alkanes) is 27. The third-order valence-corrected chi connectivity index (χ3v) is 10.6. The van der Waals surface area contributed by atoms with Gasteiger partial charge in [-0.15, -0.1) is 0 Å². The summed E-state index contributed by atoms with van der Waals surface area (Å²) in [7, 11) is 16.5. The Kier molecular flexibility index (Phi) is 58.4. The monoisotopic (exact) mass is 896 g/mol. The van der Waals surface area contributed by atoms with E-state index in [2.05, 4.69) is 84.2 Å². The van der Waals surface area contributed by atoms with Crippen molar-refractivity contribution < 1.29 is 42.3 Å². The summed E-state index contributed by atoms with van der Waals surface area (Å²) in [4.78, 5) is 25.4. The largest absolute Gasteiger partial charge is 0.854 e. The lowest BCUT2D eigenvalue weighted by Gasteiger charge is -2.39. The van der Waals surface area contributed by atoms with Gasteiger partial charge in [-0.1, -0.05) is 194 Å². The van der Waals surface area contributed by atoms with Gasteiger partial charge >= 0.3 is 0 Å². The van der Waals surface area contributed by atoms with Crippen LogP contribution >= 0.6 is 8.60 Å². The molecular formula is C51H114N3O6P. The van der Waals surface area contributed by atoms with Crippen LogP contribution in [0.4, 0.5) is 0 Å². The maximum Gasteiger partial charge on any atom is 0.102 e. The molecule has 0 aliphatic heterocycles. The molecule has 0 saturated carbocycles. The first-order valence-electron chi connectivity index (χ1n) is 25.9. The normalized spacial score (nSPS) is 11.8. The SMILES string of the molecule is CCCCCCCCCCCCOCC[N+](C)(C)C.CCCCCCCCCCCCOCC[N+](C)(C)C.CCCCCCCCCCCCOCC[N+](C)(C)C.[O-]P([O-])[O-]. The van der Waals surface area contributed by atoms with Crippen LogP contribution in [0.1, 0.15) is 213 Å². The van der Waals surface area contributed by atoms with Crippen molar-refractivity contribution in [3.05, 3.63) is 0 Å². The lowest BCUT2D eigenvalue weighted by molar-refractivity contribution is -0.870. The molecule has 374 valence electrons. The molecule has 0 aromatic rings. The molecular weight excluding hydrogens is 782 g/mol. The molecule has 0 N–H and O–H groups in total. The summed E-state index contributed by atoms with van der Waals surface area (Å²) in [6.45, 7) is 15.7. The third kappa shape index (κ3) is 87.7. The smallest absolute Gasteiger partial charge is 0.102 e. The molecule has 0 amide bonds. The van der Waals surface area contributed by atoms with Gasteiger partial charge in [-0.3, -0.25) is 0 Å². The topological polar surface area (TPSA) is 96.9 Å². The Morgan fingerprint density at radius 1 is 0.262 bits per heavy atom. The predicted octanol–water partition coefficient (Wildman–Crippen LogP) is 11.2. The van der Waals surface area contributed by atoms with E-state index in [9.17, 15) is 0 Å². The van der Waals surface area contributed by atoms with Gasteiger partial charge < -0.3 is 50.9 Å². The van der Waals surface area contributed by atoms with Crippen molar-refractivity contribution in [3.8, 4) is 0 Å². The summed E-state index contributed by atoms with van der Waals surface area (Å²) in [6.07, 6.45) is 41.9. The Bertz CT molecular complexity index is 677. The van der Waals surface area contributed by atoms with Gasteiger partial charge in [0.25, 0.3) is 0 Å². The minimum absolute atomic E-state index is 0.904. The fourth-order valence-corrected chi connectivity index (χ4v) is 6.40. The number of likely N-dealkylation sites (N-methyl/N-ethyl adjacent to an activating group) is 3. The van der Waals surface area contributed by atoms with Gasteiger partial charge in [0, 0.05) is 19.8 Å². The average molecular weight is 896 g/mol. The highest BCUT2D eigenvalue weighted by atomic mass is 31.2. The zero-order valence-corrected chi connectivity index (χ0v) is 44.7. The van der Waals surface area contributed by atoms with Crippen molar-refractivity contribution in [3.63, 3.8) is 0 Å².